The molecule has 0 radical (unpaired) electrons. The van der Waals surface area contributed by atoms with Gasteiger partial charge in [-0.15, -0.1) is 0 Å². The Balaban J connectivity index is 2.04. The fourth-order valence-corrected chi connectivity index (χ4v) is 3.73. The van der Waals surface area contributed by atoms with Crippen molar-refractivity contribution in [3.8, 4) is 0 Å². The number of carbonyl (C=O) groups is 1. The molecule has 0 aliphatic heterocycles. The summed E-state index contributed by atoms with van der Waals surface area (Å²) in [6, 6.07) is 16.5. The van der Waals surface area contributed by atoms with Crippen LogP contribution in [0.15, 0.2) is 53.0 Å². The van der Waals surface area contributed by atoms with Gasteiger partial charge in [0.05, 0.1) is 13.0 Å². The molecule has 0 aromatic heterocycles. The molecule has 0 N–H and O–H groups in total. The molecule has 22 heavy (non-hydrogen) atoms. The van der Waals surface area contributed by atoms with E-state index in [0.29, 0.717) is 0 Å². The number of hydrogen-bond acceptors (Lipinski definition) is 2. The van der Waals surface area contributed by atoms with E-state index in [9.17, 15) is 4.79 Å². The monoisotopic (exact) mass is 358 g/mol. The average molecular weight is 359 g/mol. The van der Waals surface area contributed by atoms with Crippen LogP contribution in [0.4, 0.5) is 0 Å². The summed E-state index contributed by atoms with van der Waals surface area (Å²) < 4.78 is 6.13. The van der Waals surface area contributed by atoms with E-state index in [0.717, 1.165) is 29.3 Å². The first-order valence-corrected chi connectivity index (χ1v) is 8.41. The van der Waals surface area contributed by atoms with Crippen LogP contribution in [0, 0.1) is 0 Å². The highest BCUT2D eigenvalue weighted by molar-refractivity contribution is 9.10. The van der Waals surface area contributed by atoms with Gasteiger partial charge < -0.3 is 4.74 Å². The van der Waals surface area contributed by atoms with Gasteiger partial charge in [-0.3, -0.25) is 4.79 Å². The van der Waals surface area contributed by atoms with E-state index in [-0.39, 0.29) is 17.8 Å². The molecule has 2 aromatic carbocycles. The highest BCUT2D eigenvalue weighted by atomic mass is 79.9. The first-order chi connectivity index (χ1) is 10.7. The van der Waals surface area contributed by atoms with Crippen LogP contribution in [0.3, 0.4) is 0 Å². The summed E-state index contributed by atoms with van der Waals surface area (Å²) in [6.45, 7) is 0. The molecule has 0 amide bonds. The van der Waals surface area contributed by atoms with Gasteiger partial charge in [0, 0.05) is 10.4 Å². The third-order valence-corrected chi connectivity index (χ3v) is 5.03. The number of benzene rings is 2. The van der Waals surface area contributed by atoms with Crippen molar-refractivity contribution in [2.75, 3.05) is 7.11 Å². The molecule has 0 unspecified atom stereocenters. The molecule has 3 rings (SSSR count). The predicted octanol–water partition coefficient (Wildman–Crippen LogP) is 4.83. The highest BCUT2D eigenvalue weighted by Gasteiger charge is 2.34. The van der Waals surface area contributed by atoms with Crippen molar-refractivity contribution in [3.63, 3.8) is 0 Å². The van der Waals surface area contributed by atoms with Gasteiger partial charge in [0.2, 0.25) is 0 Å². The summed E-state index contributed by atoms with van der Waals surface area (Å²) in [6.07, 6.45) is 3.24. The lowest BCUT2D eigenvalue weighted by Crippen LogP contribution is -2.25. The second-order valence-corrected chi connectivity index (χ2v) is 6.67. The van der Waals surface area contributed by atoms with Gasteiger partial charge in [0.15, 0.2) is 0 Å². The molecule has 2 atom stereocenters. The van der Waals surface area contributed by atoms with Gasteiger partial charge >= 0.3 is 5.97 Å². The van der Waals surface area contributed by atoms with Crippen molar-refractivity contribution < 1.29 is 9.53 Å². The summed E-state index contributed by atoms with van der Waals surface area (Å²) in [4.78, 5) is 12.5. The second kappa shape index (κ2) is 6.66. The number of rotatable bonds is 3. The number of ether oxygens (including phenoxy) is 1. The van der Waals surface area contributed by atoms with Crippen molar-refractivity contribution in [1.29, 1.82) is 0 Å². The van der Waals surface area contributed by atoms with Crippen molar-refractivity contribution in [3.05, 3.63) is 69.7 Å². The first-order valence-electron chi connectivity index (χ1n) is 7.62. The number of methoxy groups -OCH3 is 1. The Morgan fingerprint density at radius 1 is 1.18 bits per heavy atom. The van der Waals surface area contributed by atoms with Crippen LogP contribution >= 0.6 is 15.9 Å². The Kier molecular flexibility index (Phi) is 4.63. The number of carbonyl (C=O) groups excluding carboxylic acids is 1. The van der Waals surface area contributed by atoms with E-state index in [1.807, 2.05) is 24.3 Å². The molecule has 0 spiro atoms. The smallest absolute Gasteiger partial charge is 0.313 e. The third kappa shape index (κ3) is 2.95. The Labute approximate surface area is 139 Å². The standard InChI is InChI=1S/C19H19BrO2/c1-22-19(21)18(14-9-11-15(20)12-10-14)17-8-4-6-13-5-2-3-7-16(13)17/h2-3,5,7,9-12,17-18H,4,6,8H2,1H3/t17-,18+/m1/s1. The molecular weight excluding hydrogens is 340 g/mol. The fraction of sp³-hybridized carbons (Fsp3) is 0.316. The van der Waals surface area contributed by atoms with E-state index in [4.69, 9.17) is 4.74 Å². The fourth-order valence-electron chi connectivity index (χ4n) is 3.47. The minimum absolute atomic E-state index is 0.149. The SMILES string of the molecule is COC(=O)[C@@H](c1ccc(Br)cc1)[C@@H]1CCCc2ccccc21. The molecule has 0 saturated heterocycles. The third-order valence-electron chi connectivity index (χ3n) is 4.50. The zero-order chi connectivity index (χ0) is 15.5. The van der Waals surface area contributed by atoms with Crippen LogP contribution in [0.2, 0.25) is 0 Å². The average Bonchev–Trinajstić information content (AvgIpc) is 2.57. The van der Waals surface area contributed by atoms with Crippen LogP contribution in [0.5, 0.6) is 0 Å². The van der Waals surface area contributed by atoms with E-state index in [2.05, 4.69) is 40.2 Å². The van der Waals surface area contributed by atoms with Gasteiger partial charge in [-0.25, -0.2) is 0 Å². The number of hydrogen-bond donors (Lipinski definition) is 0. The molecule has 1 aliphatic carbocycles. The zero-order valence-electron chi connectivity index (χ0n) is 12.6. The lowest BCUT2D eigenvalue weighted by molar-refractivity contribution is -0.143. The Morgan fingerprint density at radius 3 is 2.64 bits per heavy atom. The number of aryl methyl sites for hydroxylation is 1. The largest absolute Gasteiger partial charge is 0.469 e. The van der Waals surface area contributed by atoms with Crippen molar-refractivity contribution in [2.45, 2.75) is 31.1 Å². The molecule has 0 heterocycles. The van der Waals surface area contributed by atoms with Gasteiger partial charge in [-0.1, -0.05) is 52.3 Å². The Bertz CT molecular complexity index is 663. The quantitative estimate of drug-likeness (QED) is 0.734. The lowest BCUT2D eigenvalue weighted by Gasteiger charge is -2.31. The van der Waals surface area contributed by atoms with Crippen LogP contribution in [-0.4, -0.2) is 13.1 Å². The number of halogens is 1. The molecule has 1 aliphatic rings. The molecule has 0 fully saturated rings. The zero-order valence-corrected chi connectivity index (χ0v) is 14.2. The van der Waals surface area contributed by atoms with Crippen molar-refractivity contribution >= 4 is 21.9 Å². The van der Waals surface area contributed by atoms with Gasteiger partial charge in [-0.05, 0) is 48.1 Å². The molecule has 2 nitrogen and oxygen atoms in total. The topological polar surface area (TPSA) is 26.3 Å². The maximum absolute atomic E-state index is 12.5. The highest BCUT2D eigenvalue weighted by Crippen LogP contribution is 2.42. The summed E-state index contributed by atoms with van der Waals surface area (Å²) in [7, 11) is 1.48. The molecule has 114 valence electrons. The minimum atomic E-state index is -0.237. The van der Waals surface area contributed by atoms with E-state index in [1.165, 1.54) is 18.2 Å². The second-order valence-electron chi connectivity index (χ2n) is 5.75. The summed E-state index contributed by atoms with van der Waals surface area (Å²) in [5.74, 6) is -0.192. The maximum Gasteiger partial charge on any atom is 0.313 e. The first kappa shape index (κ1) is 15.3. The van der Waals surface area contributed by atoms with Gasteiger partial charge in [-0.2, -0.15) is 0 Å². The van der Waals surface area contributed by atoms with E-state index < -0.39 is 0 Å². The maximum atomic E-state index is 12.5. The summed E-state index contributed by atoms with van der Waals surface area (Å²) in [5, 5.41) is 0. The number of fused-ring (bicyclic) bond motifs is 1. The van der Waals surface area contributed by atoms with Gasteiger partial charge in [0.1, 0.15) is 0 Å². The van der Waals surface area contributed by atoms with Crippen LogP contribution in [0.1, 0.15) is 41.4 Å². The van der Waals surface area contributed by atoms with E-state index in [1.54, 1.807) is 0 Å². The Hall–Kier alpha value is -1.61. The molecular formula is C19H19BrO2. The molecule has 2 aromatic rings. The minimum Gasteiger partial charge on any atom is -0.469 e. The van der Waals surface area contributed by atoms with Crippen LogP contribution in [-0.2, 0) is 16.0 Å². The lowest BCUT2D eigenvalue weighted by atomic mass is 9.73. The molecule has 3 heteroatoms. The summed E-state index contributed by atoms with van der Waals surface area (Å²) in [5.41, 5.74) is 3.69. The normalized spacial score (nSPS) is 18.4. The predicted molar refractivity (Wildman–Crippen MR) is 91.0 cm³/mol. The molecule has 0 saturated carbocycles. The number of esters is 1. The molecule has 0 bridgehead atoms. The summed E-state index contributed by atoms with van der Waals surface area (Å²) >= 11 is 3.45. The van der Waals surface area contributed by atoms with Crippen LogP contribution in [0.25, 0.3) is 0 Å². The van der Waals surface area contributed by atoms with Crippen molar-refractivity contribution in [2.24, 2.45) is 0 Å². The van der Waals surface area contributed by atoms with Gasteiger partial charge in [0.25, 0.3) is 0 Å². The van der Waals surface area contributed by atoms with E-state index >= 15 is 0 Å². The Morgan fingerprint density at radius 2 is 1.91 bits per heavy atom. The van der Waals surface area contributed by atoms with Crippen molar-refractivity contribution in [1.82, 2.24) is 0 Å². The van der Waals surface area contributed by atoms with Crippen LogP contribution < -0.4 is 0 Å².